The molecule has 0 aromatic heterocycles. The molecular weight excluding hydrogens is 214 g/mol. The number of benzene rings is 1. The average Bonchev–Trinajstić information content (AvgIpc) is 2.27. The van der Waals surface area contributed by atoms with E-state index >= 15 is 0 Å². The van der Waals surface area contributed by atoms with Gasteiger partial charge in [0.15, 0.2) is 0 Å². The Morgan fingerprint density at radius 3 is 2.53 bits per heavy atom. The summed E-state index contributed by atoms with van der Waals surface area (Å²) in [7, 11) is 0. The highest BCUT2D eigenvalue weighted by atomic mass is 16.3. The minimum absolute atomic E-state index is 0.0341. The van der Waals surface area contributed by atoms with Gasteiger partial charge in [0.25, 0.3) is 5.91 Å². The normalized spacial score (nSPS) is 14.2. The van der Waals surface area contributed by atoms with Crippen molar-refractivity contribution in [2.24, 2.45) is 5.92 Å². The predicted octanol–water partition coefficient (Wildman–Crippen LogP) is 2.05. The SMILES string of the molecule is Cc1ccc(C(=O)NC(C)C(C)CO)c(C)c1. The standard InChI is InChI=1S/C14H21NO2/c1-9-5-6-13(10(2)7-9)14(17)15-12(4)11(3)8-16/h5-7,11-12,16H,8H2,1-4H3,(H,15,17). The number of carbonyl (C=O) groups excluding carboxylic acids is 1. The van der Waals surface area contributed by atoms with Crippen LogP contribution in [0.15, 0.2) is 18.2 Å². The molecule has 1 amide bonds. The second-order valence-electron chi connectivity index (χ2n) is 4.74. The maximum atomic E-state index is 12.0. The molecule has 2 N–H and O–H groups in total. The zero-order chi connectivity index (χ0) is 13.0. The highest BCUT2D eigenvalue weighted by Crippen LogP contribution is 2.11. The van der Waals surface area contributed by atoms with Crippen molar-refractivity contribution >= 4 is 5.91 Å². The van der Waals surface area contributed by atoms with Crippen molar-refractivity contribution in [3.63, 3.8) is 0 Å². The Morgan fingerprint density at radius 1 is 1.35 bits per heavy atom. The molecule has 1 rings (SSSR count). The Bertz CT molecular complexity index is 401. The van der Waals surface area contributed by atoms with Gasteiger partial charge in [-0.15, -0.1) is 0 Å². The molecule has 2 unspecified atom stereocenters. The molecule has 0 bridgehead atoms. The first-order valence-electron chi connectivity index (χ1n) is 5.94. The molecular formula is C14H21NO2. The molecule has 0 radical (unpaired) electrons. The lowest BCUT2D eigenvalue weighted by atomic mass is 10.0. The van der Waals surface area contributed by atoms with E-state index in [1.807, 2.05) is 45.9 Å². The molecule has 3 nitrogen and oxygen atoms in total. The van der Waals surface area contributed by atoms with Crippen molar-refractivity contribution in [2.75, 3.05) is 6.61 Å². The van der Waals surface area contributed by atoms with Crippen molar-refractivity contribution in [3.8, 4) is 0 Å². The Labute approximate surface area is 103 Å². The lowest BCUT2D eigenvalue weighted by Crippen LogP contribution is -2.38. The number of aryl methyl sites for hydroxylation is 2. The molecule has 0 aliphatic heterocycles. The first-order chi connectivity index (χ1) is 7.95. The zero-order valence-electron chi connectivity index (χ0n) is 10.9. The molecule has 0 fully saturated rings. The van der Waals surface area contributed by atoms with Crippen LogP contribution in [0.4, 0.5) is 0 Å². The van der Waals surface area contributed by atoms with Gasteiger partial charge in [0.1, 0.15) is 0 Å². The molecule has 0 spiro atoms. The first kappa shape index (κ1) is 13.7. The lowest BCUT2D eigenvalue weighted by Gasteiger charge is -2.19. The van der Waals surface area contributed by atoms with Crippen molar-refractivity contribution < 1.29 is 9.90 Å². The summed E-state index contributed by atoms with van der Waals surface area (Å²) in [5.41, 5.74) is 2.83. The van der Waals surface area contributed by atoms with Gasteiger partial charge in [-0.1, -0.05) is 24.6 Å². The molecule has 1 aromatic carbocycles. The number of aliphatic hydroxyl groups excluding tert-OH is 1. The van der Waals surface area contributed by atoms with Crippen LogP contribution in [0.25, 0.3) is 0 Å². The Balaban J connectivity index is 2.76. The molecule has 3 heteroatoms. The largest absolute Gasteiger partial charge is 0.396 e. The molecule has 0 aliphatic rings. The topological polar surface area (TPSA) is 49.3 Å². The highest BCUT2D eigenvalue weighted by molar-refractivity contribution is 5.95. The summed E-state index contributed by atoms with van der Waals surface area (Å²) in [6.07, 6.45) is 0. The summed E-state index contributed by atoms with van der Waals surface area (Å²) in [6, 6.07) is 5.74. The second kappa shape index (κ2) is 5.82. The van der Waals surface area contributed by atoms with Gasteiger partial charge in [-0.25, -0.2) is 0 Å². The summed E-state index contributed by atoms with van der Waals surface area (Å²) < 4.78 is 0. The highest BCUT2D eigenvalue weighted by Gasteiger charge is 2.16. The Kier molecular flexibility index (Phi) is 4.70. The van der Waals surface area contributed by atoms with E-state index in [-0.39, 0.29) is 24.5 Å². The van der Waals surface area contributed by atoms with Crippen LogP contribution in [0.1, 0.15) is 35.3 Å². The molecule has 0 saturated carbocycles. The third kappa shape index (κ3) is 3.56. The number of amides is 1. The first-order valence-corrected chi connectivity index (χ1v) is 5.94. The van der Waals surface area contributed by atoms with Gasteiger partial charge in [-0.3, -0.25) is 4.79 Å². The van der Waals surface area contributed by atoms with Crippen molar-refractivity contribution in [1.29, 1.82) is 0 Å². The number of carbonyl (C=O) groups is 1. The zero-order valence-corrected chi connectivity index (χ0v) is 10.9. The van der Waals surface area contributed by atoms with Crippen LogP contribution in [0.2, 0.25) is 0 Å². The van der Waals surface area contributed by atoms with Crippen molar-refractivity contribution in [3.05, 3.63) is 34.9 Å². The van der Waals surface area contributed by atoms with Gasteiger partial charge in [-0.05, 0) is 38.3 Å². The lowest BCUT2D eigenvalue weighted by molar-refractivity contribution is 0.0915. The number of hydrogen-bond donors (Lipinski definition) is 2. The summed E-state index contributed by atoms with van der Waals surface area (Å²) in [6.45, 7) is 7.83. The molecule has 1 aromatic rings. The molecule has 0 saturated heterocycles. The summed E-state index contributed by atoms with van der Waals surface area (Å²) >= 11 is 0. The van der Waals surface area contributed by atoms with E-state index in [0.29, 0.717) is 5.56 Å². The van der Waals surface area contributed by atoms with Crippen LogP contribution < -0.4 is 5.32 Å². The van der Waals surface area contributed by atoms with Crippen LogP contribution in [-0.2, 0) is 0 Å². The molecule has 2 atom stereocenters. The molecule has 0 heterocycles. The van der Waals surface area contributed by atoms with E-state index in [9.17, 15) is 4.79 Å². The fourth-order valence-electron chi connectivity index (χ4n) is 1.65. The van der Waals surface area contributed by atoms with Crippen LogP contribution in [0.5, 0.6) is 0 Å². The summed E-state index contributed by atoms with van der Waals surface area (Å²) in [5, 5.41) is 11.9. The summed E-state index contributed by atoms with van der Waals surface area (Å²) in [5.74, 6) is -0.0139. The van der Waals surface area contributed by atoms with Crippen molar-refractivity contribution in [1.82, 2.24) is 5.32 Å². The smallest absolute Gasteiger partial charge is 0.251 e. The maximum absolute atomic E-state index is 12.0. The number of rotatable bonds is 4. The number of hydrogen-bond acceptors (Lipinski definition) is 2. The van der Waals surface area contributed by atoms with Gasteiger partial charge in [0, 0.05) is 18.2 Å². The van der Waals surface area contributed by atoms with E-state index in [0.717, 1.165) is 11.1 Å². The minimum Gasteiger partial charge on any atom is -0.396 e. The fourth-order valence-corrected chi connectivity index (χ4v) is 1.65. The van der Waals surface area contributed by atoms with E-state index in [2.05, 4.69) is 5.32 Å². The fraction of sp³-hybridized carbons (Fsp3) is 0.500. The van der Waals surface area contributed by atoms with Crippen LogP contribution >= 0.6 is 0 Å². The van der Waals surface area contributed by atoms with E-state index in [1.165, 1.54) is 0 Å². The predicted molar refractivity (Wildman–Crippen MR) is 69.1 cm³/mol. The quantitative estimate of drug-likeness (QED) is 0.839. The maximum Gasteiger partial charge on any atom is 0.251 e. The van der Waals surface area contributed by atoms with Crippen molar-refractivity contribution in [2.45, 2.75) is 33.7 Å². The van der Waals surface area contributed by atoms with Gasteiger partial charge in [0.05, 0.1) is 0 Å². The van der Waals surface area contributed by atoms with E-state index in [4.69, 9.17) is 5.11 Å². The minimum atomic E-state index is -0.0738. The number of aliphatic hydroxyl groups is 1. The number of nitrogens with one attached hydrogen (secondary N) is 1. The van der Waals surface area contributed by atoms with Gasteiger partial charge < -0.3 is 10.4 Å². The van der Waals surface area contributed by atoms with Crippen LogP contribution in [-0.4, -0.2) is 23.7 Å². The van der Waals surface area contributed by atoms with E-state index in [1.54, 1.807) is 0 Å². The van der Waals surface area contributed by atoms with Gasteiger partial charge >= 0.3 is 0 Å². The van der Waals surface area contributed by atoms with Crippen LogP contribution in [0.3, 0.4) is 0 Å². The molecule has 94 valence electrons. The third-order valence-electron chi connectivity index (χ3n) is 3.13. The second-order valence-corrected chi connectivity index (χ2v) is 4.74. The molecule has 0 aliphatic carbocycles. The van der Waals surface area contributed by atoms with E-state index < -0.39 is 0 Å². The third-order valence-corrected chi connectivity index (χ3v) is 3.13. The van der Waals surface area contributed by atoms with Gasteiger partial charge in [-0.2, -0.15) is 0 Å². The monoisotopic (exact) mass is 235 g/mol. The molecule has 17 heavy (non-hydrogen) atoms. The summed E-state index contributed by atoms with van der Waals surface area (Å²) in [4.78, 5) is 12.0. The average molecular weight is 235 g/mol. The van der Waals surface area contributed by atoms with Gasteiger partial charge in [0.2, 0.25) is 0 Å². The van der Waals surface area contributed by atoms with Crippen LogP contribution in [0, 0.1) is 19.8 Å². The Hall–Kier alpha value is -1.35. The Morgan fingerprint density at radius 2 is 2.00 bits per heavy atom.